The Bertz CT molecular complexity index is 5150. The Kier molecular flexibility index (Phi) is 36.2. The largest absolute Gasteiger partial charge is 0.489 e. The molecule has 15 aromatic rings. The van der Waals surface area contributed by atoms with E-state index in [4.69, 9.17) is 94.7 Å². The van der Waals surface area contributed by atoms with E-state index in [1.54, 1.807) is 0 Å². The lowest BCUT2D eigenvalue weighted by Gasteiger charge is -2.19. The maximum atomic E-state index is 6.93. The van der Waals surface area contributed by atoms with Gasteiger partial charge in [-0.3, -0.25) is 0 Å². The van der Waals surface area contributed by atoms with E-state index in [2.05, 4.69) is 0 Å². The van der Waals surface area contributed by atoms with Gasteiger partial charge in [0.05, 0.1) is 79.3 Å². The Hall–Kier alpha value is -14.7. The van der Waals surface area contributed by atoms with Crippen LogP contribution >= 0.6 is 0 Å². The van der Waals surface area contributed by atoms with Gasteiger partial charge < -0.3 is 94.7 Å². The van der Waals surface area contributed by atoms with Gasteiger partial charge in [-0.05, 0) is 174 Å². The minimum Gasteiger partial charge on any atom is -0.489 e. The van der Waals surface area contributed by atoms with Gasteiger partial charge in [-0.15, -0.1) is 0 Å². The van der Waals surface area contributed by atoms with Crippen molar-refractivity contribution in [3.63, 3.8) is 0 Å². The van der Waals surface area contributed by atoms with Crippen LogP contribution in [0.15, 0.2) is 364 Å². The van der Waals surface area contributed by atoms with E-state index in [0.29, 0.717) is 173 Å². The van der Waals surface area contributed by atoms with Crippen molar-refractivity contribution in [2.45, 2.75) is 106 Å². The van der Waals surface area contributed by atoms with Crippen molar-refractivity contribution in [3.05, 3.63) is 453 Å². The molecule has 0 atom stereocenters. The first-order valence-electron chi connectivity index (χ1n) is 45.9. The van der Waals surface area contributed by atoms with Gasteiger partial charge in [-0.2, -0.15) is 0 Å². The number of benzene rings is 15. The summed E-state index contributed by atoms with van der Waals surface area (Å²) in [7, 11) is 0. The zero-order valence-corrected chi connectivity index (χ0v) is 76.2. The van der Waals surface area contributed by atoms with Gasteiger partial charge >= 0.3 is 0 Å². The zero-order chi connectivity index (χ0) is 92.3. The number of fused-ring (bicyclic) bond motifs is 1. The molecule has 0 unspecified atom stereocenters. The van der Waals surface area contributed by atoms with Crippen LogP contribution in [0, 0.1) is 0 Å². The first kappa shape index (κ1) is 94.5. The molecule has 0 amide bonds. The van der Waals surface area contributed by atoms with Crippen molar-refractivity contribution in [2.24, 2.45) is 0 Å². The molecule has 0 spiro atoms. The van der Waals surface area contributed by atoms with Gasteiger partial charge in [-0.25, -0.2) is 0 Å². The summed E-state index contributed by atoms with van der Waals surface area (Å²) in [4.78, 5) is 0. The lowest BCUT2D eigenvalue weighted by Crippen LogP contribution is -2.16. The number of hydrogen-bond donors (Lipinski definition) is 0. The highest BCUT2D eigenvalue weighted by Crippen LogP contribution is 2.37. The van der Waals surface area contributed by atoms with Crippen molar-refractivity contribution < 1.29 is 94.7 Å². The molecule has 696 valence electrons. The first-order valence-corrected chi connectivity index (χ1v) is 45.9. The third-order valence-corrected chi connectivity index (χ3v) is 21.7. The standard InChI is InChI=1S/C116H112O20/c1-9-25-87(26-10-1)73-125-107-55-97(56-108(67-107)126-74-88-27-11-2-12-28-88)81-133-103-51-95(52-104(65-103)134-82-98-57-109(127-75-89-29-13-3-14-30-89)68-110(58-98)128-76-90-31-15-4-16-32-90)71-121-85-101-63-115-116(124-50-48-120-46-44-118-42-41-117-43-45-119-47-49-123-115)64-102(101)86-122-72-96-53-105(135-83-99-59-111(129-77-91-33-17-5-18-34-91)69-112(60-99)130-78-92-35-19-6-20-36-92)66-106(54-96)136-84-100-61-113(131-79-93-37-21-7-22-38-93)70-114(62-100)132-80-94-39-23-8-24-40-94/h1-40,51-70H,41-50,71-86H2. The van der Waals surface area contributed by atoms with Crippen LogP contribution in [0.4, 0.5) is 0 Å². The van der Waals surface area contributed by atoms with Gasteiger partial charge in [0, 0.05) is 36.4 Å². The van der Waals surface area contributed by atoms with Crippen LogP contribution in [0.25, 0.3) is 0 Å². The van der Waals surface area contributed by atoms with Gasteiger partial charge in [0.15, 0.2) is 11.5 Å². The third-order valence-electron chi connectivity index (χ3n) is 21.7. The van der Waals surface area contributed by atoms with E-state index in [-0.39, 0.29) is 79.3 Å². The van der Waals surface area contributed by atoms with E-state index in [1.807, 2.05) is 364 Å². The summed E-state index contributed by atoms with van der Waals surface area (Å²) in [6, 6.07) is 119. The minimum absolute atomic E-state index is 0.0902. The molecule has 0 saturated heterocycles. The van der Waals surface area contributed by atoms with Crippen molar-refractivity contribution in [1.82, 2.24) is 0 Å². The van der Waals surface area contributed by atoms with Gasteiger partial charge in [0.2, 0.25) is 0 Å². The fraction of sp³-hybridized carbons (Fsp3) is 0.224. The van der Waals surface area contributed by atoms with Crippen molar-refractivity contribution in [3.8, 4) is 80.5 Å². The highest BCUT2D eigenvalue weighted by Gasteiger charge is 2.20. The summed E-state index contributed by atoms with van der Waals surface area (Å²) in [6.07, 6.45) is 0. The molecule has 136 heavy (non-hydrogen) atoms. The second-order valence-corrected chi connectivity index (χ2v) is 32.4. The fourth-order valence-corrected chi connectivity index (χ4v) is 14.8. The molecule has 0 N–H and O–H groups in total. The Labute approximate surface area is 795 Å². The van der Waals surface area contributed by atoms with Crippen LogP contribution in [0.1, 0.15) is 89.0 Å². The number of rotatable bonds is 44. The summed E-state index contributed by atoms with van der Waals surface area (Å²) in [5, 5.41) is 0. The highest BCUT2D eigenvalue weighted by atomic mass is 16.6. The predicted octanol–water partition coefficient (Wildman–Crippen LogP) is 23.9. The molecule has 0 aromatic heterocycles. The average molecular weight is 1830 g/mol. The van der Waals surface area contributed by atoms with Crippen LogP contribution in [-0.2, 0) is 134 Å². The molecule has 1 aliphatic heterocycles. The molecule has 0 bridgehead atoms. The van der Waals surface area contributed by atoms with E-state index in [9.17, 15) is 0 Å². The van der Waals surface area contributed by atoms with Crippen LogP contribution in [-0.4, -0.2) is 66.1 Å². The Morgan fingerprint density at radius 2 is 0.287 bits per heavy atom. The molecule has 20 nitrogen and oxygen atoms in total. The van der Waals surface area contributed by atoms with Crippen LogP contribution in [0.5, 0.6) is 80.5 Å². The molecule has 0 aliphatic carbocycles. The number of ether oxygens (including phenoxy) is 20. The number of hydrogen-bond acceptors (Lipinski definition) is 20. The molecular formula is C116H112O20. The molecule has 0 radical (unpaired) electrons. The van der Waals surface area contributed by atoms with Crippen molar-refractivity contribution in [1.29, 1.82) is 0 Å². The first-order chi connectivity index (χ1) is 67.3. The predicted molar refractivity (Wildman–Crippen MR) is 520 cm³/mol. The molecule has 16 rings (SSSR count). The lowest BCUT2D eigenvalue weighted by atomic mass is 10.1. The topological polar surface area (TPSA) is 185 Å². The normalized spacial score (nSPS) is 12.5. The van der Waals surface area contributed by atoms with Crippen molar-refractivity contribution >= 4 is 0 Å². The molecule has 0 fully saturated rings. The minimum atomic E-state index is 0.0902. The maximum absolute atomic E-state index is 6.93. The molecule has 0 saturated carbocycles. The summed E-state index contributed by atoms with van der Waals surface area (Å²) in [6.45, 7) is 7.17. The molecule has 20 heteroatoms. The van der Waals surface area contributed by atoms with E-state index in [0.717, 1.165) is 89.0 Å². The SMILES string of the molecule is c1ccc(COc2cc(COc3cc(COCc4cc5c(cc4COCc4cc(OCc6cc(OCc7ccccc7)cc(OCc7ccccc7)c6)cc(OCc6cc(OCc7ccccc7)cc(OCc7ccccc7)c6)c4)OCCOCCOCCOCCOCCO5)cc(OCc4cc(OCc5ccccc5)cc(OCc5ccccc5)c4)c3)cc(OCc3ccccc3)c2)cc1. The monoisotopic (exact) mass is 1820 g/mol. The third kappa shape index (κ3) is 32.0. The Morgan fingerprint density at radius 3 is 0.456 bits per heavy atom. The van der Waals surface area contributed by atoms with Crippen molar-refractivity contribution in [2.75, 3.05) is 66.1 Å². The summed E-state index contributed by atoms with van der Waals surface area (Å²) in [5.41, 5.74) is 14.5. The van der Waals surface area contributed by atoms with E-state index in [1.165, 1.54) is 0 Å². The lowest BCUT2D eigenvalue weighted by molar-refractivity contribution is -0.00845. The van der Waals surface area contributed by atoms with Gasteiger partial charge in [0.25, 0.3) is 0 Å². The molecule has 15 aromatic carbocycles. The van der Waals surface area contributed by atoms with Crippen LogP contribution in [0.3, 0.4) is 0 Å². The average Bonchev–Trinajstić information content (AvgIpc) is 0.783. The maximum Gasteiger partial charge on any atom is 0.161 e. The molecule has 1 heterocycles. The van der Waals surface area contributed by atoms with E-state index >= 15 is 0 Å². The summed E-state index contributed by atoms with van der Waals surface area (Å²) >= 11 is 0. The van der Waals surface area contributed by atoms with Crippen LogP contribution < -0.4 is 66.3 Å². The summed E-state index contributed by atoms with van der Waals surface area (Å²) in [5.74, 6) is 8.06. The Morgan fingerprint density at radius 1 is 0.140 bits per heavy atom. The smallest absolute Gasteiger partial charge is 0.161 e. The zero-order valence-electron chi connectivity index (χ0n) is 76.2. The quantitative estimate of drug-likeness (QED) is 0.0351. The van der Waals surface area contributed by atoms with Gasteiger partial charge in [0.1, 0.15) is 161 Å². The fourth-order valence-electron chi connectivity index (χ4n) is 14.8. The molecular weight excluding hydrogens is 1710 g/mol. The highest BCUT2D eigenvalue weighted by molar-refractivity contribution is 5.49. The Balaban J connectivity index is 0.697. The van der Waals surface area contributed by atoms with Crippen LogP contribution in [0.2, 0.25) is 0 Å². The summed E-state index contributed by atoms with van der Waals surface area (Å²) < 4.78 is 130. The second kappa shape index (κ2) is 52.1. The van der Waals surface area contributed by atoms with Gasteiger partial charge in [-0.1, -0.05) is 243 Å². The second-order valence-electron chi connectivity index (χ2n) is 32.4. The van der Waals surface area contributed by atoms with E-state index < -0.39 is 0 Å². The molecule has 1 aliphatic rings.